The van der Waals surface area contributed by atoms with Crippen LogP contribution in [0.4, 0.5) is 15.8 Å². The second kappa shape index (κ2) is 7.84. The van der Waals surface area contributed by atoms with Gasteiger partial charge in [-0.1, -0.05) is 12.1 Å². The summed E-state index contributed by atoms with van der Waals surface area (Å²) in [6, 6.07) is 14.7. The molecule has 1 aromatic heterocycles. The van der Waals surface area contributed by atoms with Crippen LogP contribution >= 0.6 is 0 Å². The number of fused-ring (bicyclic) bond motifs is 1. The van der Waals surface area contributed by atoms with Crippen LogP contribution in [0.15, 0.2) is 54.6 Å². The molecule has 2 amide bonds. The molecular formula is C21H19FN4O3. The second-order valence-corrected chi connectivity index (χ2v) is 6.77. The standard InChI is InChI=1S/C21H19FN4O3/c1-13(27)23-16-6-8-17(9-7-16)24-21(28)19-10-18-12-29-20(11-26(18)25-19)14-2-4-15(22)5-3-14/h2-10,20H,11-12H2,1H3,(H,23,27)(H,24,28). The van der Waals surface area contributed by atoms with Crippen molar-refractivity contribution in [2.75, 3.05) is 10.6 Å². The van der Waals surface area contributed by atoms with Crippen molar-refractivity contribution >= 4 is 23.2 Å². The summed E-state index contributed by atoms with van der Waals surface area (Å²) < 4.78 is 20.7. The highest BCUT2D eigenvalue weighted by Gasteiger charge is 2.24. The van der Waals surface area contributed by atoms with Crippen LogP contribution in [0.1, 0.15) is 34.8 Å². The molecule has 0 fully saturated rings. The van der Waals surface area contributed by atoms with E-state index in [1.165, 1.54) is 19.1 Å². The van der Waals surface area contributed by atoms with E-state index in [4.69, 9.17) is 4.74 Å². The minimum atomic E-state index is -0.336. The van der Waals surface area contributed by atoms with E-state index < -0.39 is 0 Å². The van der Waals surface area contributed by atoms with Gasteiger partial charge in [0.1, 0.15) is 11.9 Å². The summed E-state index contributed by atoms with van der Waals surface area (Å²) in [5.74, 6) is -0.794. The summed E-state index contributed by atoms with van der Waals surface area (Å²) in [6.07, 6.45) is -0.250. The summed E-state index contributed by atoms with van der Waals surface area (Å²) in [5, 5.41) is 9.85. The van der Waals surface area contributed by atoms with Crippen LogP contribution in [0.5, 0.6) is 0 Å². The molecule has 0 aliphatic carbocycles. The molecule has 4 rings (SSSR count). The Balaban J connectivity index is 1.43. The van der Waals surface area contributed by atoms with Crippen LogP contribution in [0, 0.1) is 5.82 Å². The Hall–Kier alpha value is -3.52. The predicted molar refractivity (Wildman–Crippen MR) is 105 cm³/mol. The first-order valence-corrected chi connectivity index (χ1v) is 9.11. The number of benzene rings is 2. The number of nitrogens with zero attached hydrogens (tertiary/aromatic N) is 2. The van der Waals surface area contributed by atoms with E-state index >= 15 is 0 Å². The average Bonchev–Trinajstić information content (AvgIpc) is 3.13. The number of rotatable bonds is 4. The smallest absolute Gasteiger partial charge is 0.276 e. The fourth-order valence-electron chi connectivity index (χ4n) is 3.15. The van der Waals surface area contributed by atoms with E-state index in [1.54, 1.807) is 47.1 Å². The molecular weight excluding hydrogens is 375 g/mol. The Bertz CT molecular complexity index is 1040. The van der Waals surface area contributed by atoms with Crippen molar-refractivity contribution in [2.24, 2.45) is 0 Å². The van der Waals surface area contributed by atoms with Crippen molar-refractivity contribution in [3.05, 3.63) is 77.4 Å². The van der Waals surface area contributed by atoms with Crippen LogP contribution in [0.2, 0.25) is 0 Å². The third kappa shape index (κ3) is 4.33. The zero-order chi connectivity index (χ0) is 20.4. The Morgan fingerprint density at radius 1 is 1.07 bits per heavy atom. The van der Waals surface area contributed by atoms with Crippen molar-refractivity contribution in [1.82, 2.24) is 9.78 Å². The van der Waals surface area contributed by atoms with Gasteiger partial charge in [-0.15, -0.1) is 0 Å². The topological polar surface area (TPSA) is 85.3 Å². The maximum Gasteiger partial charge on any atom is 0.276 e. The second-order valence-electron chi connectivity index (χ2n) is 6.77. The lowest BCUT2D eigenvalue weighted by atomic mass is 10.1. The Labute approximate surface area is 166 Å². The number of hydrogen-bond donors (Lipinski definition) is 2. The van der Waals surface area contributed by atoms with Crippen molar-refractivity contribution < 1.29 is 18.7 Å². The van der Waals surface area contributed by atoms with E-state index in [9.17, 15) is 14.0 Å². The first-order chi connectivity index (χ1) is 14.0. The highest BCUT2D eigenvalue weighted by Crippen LogP contribution is 2.27. The van der Waals surface area contributed by atoms with Gasteiger partial charge in [-0.2, -0.15) is 5.10 Å². The zero-order valence-corrected chi connectivity index (χ0v) is 15.7. The molecule has 7 nitrogen and oxygen atoms in total. The maximum atomic E-state index is 13.1. The number of hydrogen-bond acceptors (Lipinski definition) is 4. The van der Waals surface area contributed by atoms with Gasteiger partial charge < -0.3 is 15.4 Å². The Morgan fingerprint density at radius 3 is 2.38 bits per heavy atom. The fraction of sp³-hybridized carbons (Fsp3) is 0.190. The molecule has 0 saturated carbocycles. The lowest BCUT2D eigenvalue weighted by molar-refractivity contribution is -0.114. The molecule has 2 heterocycles. The number of aromatic nitrogens is 2. The molecule has 29 heavy (non-hydrogen) atoms. The van der Waals surface area contributed by atoms with Gasteiger partial charge in [0, 0.05) is 18.3 Å². The molecule has 1 atom stereocenters. The third-order valence-corrected chi connectivity index (χ3v) is 4.57. The van der Waals surface area contributed by atoms with Crippen LogP contribution in [-0.4, -0.2) is 21.6 Å². The highest BCUT2D eigenvalue weighted by molar-refractivity contribution is 6.03. The van der Waals surface area contributed by atoms with Crippen LogP contribution < -0.4 is 10.6 Å². The lowest BCUT2D eigenvalue weighted by Gasteiger charge is -2.24. The fourth-order valence-corrected chi connectivity index (χ4v) is 3.15. The SMILES string of the molecule is CC(=O)Nc1ccc(NC(=O)c2cc3n(n2)CC(c2ccc(F)cc2)OC3)cc1. The van der Waals surface area contributed by atoms with Crippen molar-refractivity contribution in [3.8, 4) is 0 Å². The molecule has 0 bridgehead atoms. The minimum absolute atomic E-state index is 0.161. The molecule has 3 aromatic rings. The van der Waals surface area contributed by atoms with E-state index in [1.807, 2.05) is 0 Å². The van der Waals surface area contributed by atoms with Gasteiger partial charge in [0.15, 0.2) is 5.69 Å². The van der Waals surface area contributed by atoms with Crippen molar-refractivity contribution in [2.45, 2.75) is 26.2 Å². The van der Waals surface area contributed by atoms with Crippen molar-refractivity contribution in [1.29, 1.82) is 0 Å². The predicted octanol–water partition coefficient (Wildman–Crippen LogP) is 3.50. The minimum Gasteiger partial charge on any atom is -0.365 e. The number of amides is 2. The number of ether oxygens (including phenoxy) is 1. The molecule has 0 saturated heterocycles. The number of halogens is 1. The first kappa shape index (κ1) is 18.8. The zero-order valence-electron chi connectivity index (χ0n) is 15.7. The third-order valence-electron chi connectivity index (χ3n) is 4.57. The summed E-state index contributed by atoms with van der Waals surface area (Å²) in [6.45, 7) is 2.19. The maximum absolute atomic E-state index is 13.1. The molecule has 8 heteroatoms. The summed E-state index contributed by atoms with van der Waals surface area (Å²) in [7, 11) is 0. The molecule has 0 radical (unpaired) electrons. The van der Waals surface area contributed by atoms with Gasteiger partial charge in [-0.3, -0.25) is 14.3 Å². The van der Waals surface area contributed by atoms with Crippen LogP contribution in [0.25, 0.3) is 0 Å². The van der Waals surface area contributed by atoms with E-state index in [2.05, 4.69) is 15.7 Å². The summed E-state index contributed by atoms with van der Waals surface area (Å²) in [5.41, 5.74) is 3.19. The molecule has 2 N–H and O–H groups in total. The number of nitrogens with one attached hydrogen (secondary N) is 2. The summed E-state index contributed by atoms with van der Waals surface area (Å²) in [4.78, 5) is 23.6. The van der Waals surface area contributed by atoms with Gasteiger partial charge in [-0.25, -0.2) is 4.39 Å². The first-order valence-electron chi connectivity index (χ1n) is 9.11. The molecule has 1 aliphatic rings. The molecule has 148 valence electrons. The average molecular weight is 394 g/mol. The molecule has 1 aliphatic heterocycles. The molecule has 2 aromatic carbocycles. The van der Waals surface area contributed by atoms with Crippen molar-refractivity contribution in [3.63, 3.8) is 0 Å². The van der Waals surface area contributed by atoms with Gasteiger partial charge in [0.25, 0.3) is 5.91 Å². The lowest BCUT2D eigenvalue weighted by Crippen LogP contribution is -2.22. The number of carbonyl (C=O) groups is 2. The van der Waals surface area contributed by atoms with Crippen LogP contribution in [0.3, 0.4) is 0 Å². The Kier molecular flexibility index (Phi) is 5.09. The van der Waals surface area contributed by atoms with Gasteiger partial charge in [0.05, 0.1) is 18.8 Å². The number of anilines is 2. The van der Waals surface area contributed by atoms with Gasteiger partial charge in [0.2, 0.25) is 5.91 Å². The monoisotopic (exact) mass is 394 g/mol. The van der Waals surface area contributed by atoms with Gasteiger partial charge >= 0.3 is 0 Å². The number of carbonyl (C=O) groups excluding carboxylic acids is 2. The summed E-state index contributed by atoms with van der Waals surface area (Å²) >= 11 is 0. The van der Waals surface area contributed by atoms with E-state index in [0.29, 0.717) is 24.5 Å². The molecule has 1 unspecified atom stereocenters. The van der Waals surface area contributed by atoms with Gasteiger partial charge in [-0.05, 0) is 48.0 Å². The quantitative estimate of drug-likeness (QED) is 0.709. The normalized spacial score (nSPS) is 15.4. The Morgan fingerprint density at radius 2 is 1.72 bits per heavy atom. The van der Waals surface area contributed by atoms with Crippen LogP contribution in [-0.2, 0) is 22.7 Å². The highest BCUT2D eigenvalue weighted by atomic mass is 19.1. The van der Waals surface area contributed by atoms with E-state index in [0.717, 1.165) is 11.3 Å². The largest absolute Gasteiger partial charge is 0.365 e. The van der Waals surface area contributed by atoms with E-state index in [-0.39, 0.29) is 29.4 Å². The molecule has 0 spiro atoms.